The molecule has 0 aliphatic carbocycles. The lowest BCUT2D eigenvalue weighted by molar-refractivity contribution is -0.159. The molecule has 4 aliphatic heterocycles. The second-order valence-corrected chi connectivity index (χ2v) is 13.7. The van der Waals surface area contributed by atoms with E-state index in [4.69, 9.17) is 9.47 Å². The molecule has 3 amide bonds. The van der Waals surface area contributed by atoms with Crippen LogP contribution in [0.5, 0.6) is 0 Å². The van der Waals surface area contributed by atoms with Gasteiger partial charge in [-0.05, 0) is 63.5 Å². The van der Waals surface area contributed by atoms with Crippen LogP contribution in [0, 0.1) is 17.8 Å². The Morgan fingerprint density at radius 1 is 1.09 bits per heavy atom. The molecule has 250 valence electrons. The van der Waals surface area contributed by atoms with Gasteiger partial charge in [0.25, 0.3) is 5.91 Å². The van der Waals surface area contributed by atoms with Crippen molar-refractivity contribution >= 4 is 51.0 Å². The van der Waals surface area contributed by atoms with Crippen molar-refractivity contribution < 1.29 is 33.8 Å². The number of nitrogens with one attached hydrogen (secondary N) is 1. The van der Waals surface area contributed by atoms with Gasteiger partial charge < -0.3 is 34.6 Å². The number of hydrogen-bond acceptors (Lipinski definition) is 8. The summed E-state index contributed by atoms with van der Waals surface area (Å²) >= 11 is 3.57. The van der Waals surface area contributed by atoms with Gasteiger partial charge in [-0.2, -0.15) is 0 Å². The summed E-state index contributed by atoms with van der Waals surface area (Å²) < 4.78 is 12.9. The number of nitrogens with zero attached hydrogens (tertiary/aromatic N) is 3. The van der Waals surface area contributed by atoms with Gasteiger partial charge in [0.05, 0.1) is 25.1 Å². The minimum atomic E-state index is -1.46. The number of hydrogen-bond donors (Lipinski definition) is 2. The predicted molar refractivity (Wildman–Crippen MR) is 177 cm³/mol. The van der Waals surface area contributed by atoms with Crippen molar-refractivity contribution in [2.45, 2.75) is 77.4 Å². The van der Waals surface area contributed by atoms with E-state index >= 15 is 4.79 Å². The Morgan fingerprint density at radius 2 is 1.78 bits per heavy atom. The van der Waals surface area contributed by atoms with Gasteiger partial charge in [0.1, 0.15) is 29.8 Å². The van der Waals surface area contributed by atoms with Crippen LogP contribution >= 0.6 is 15.9 Å². The van der Waals surface area contributed by atoms with Crippen LogP contribution in [0.3, 0.4) is 0 Å². The van der Waals surface area contributed by atoms with Crippen LogP contribution < -0.4 is 15.1 Å². The summed E-state index contributed by atoms with van der Waals surface area (Å²) in [6, 6.07) is 5.85. The topological polar surface area (TPSA) is 129 Å². The summed E-state index contributed by atoms with van der Waals surface area (Å²) in [6.07, 6.45) is 4.69. The van der Waals surface area contributed by atoms with Gasteiger partial charge in [-0.1, -0.05) is 41.9 Å². The molecular formula is C34H45BrN4O7. The third-order valence-electron chi connectivity index (χ3n) is 9.64. The van der Waals surface area contributed by atoms with Crippen molar-refractivity contribution in [3.05, 3.63) is 47.0 Å². The van der Waals surface area contributed by atoms with Gasteiger partial charge >= 0.3 is 5.97 Å². The van der Waals surface area contributed by atoms with E-state index in [2.05, 4.69) is 40.0 Å². The number of aliphatic hydroxyl groups excluding tert-OH is 1. The van der Waals surface area contributed by atoms with Crippen LogP contribution in [0.2, 0.25) is 0 Å². The highest BCUT2D eigenvalue weighted by atomic mass is 79.9. The normalized spacial score (nSPS) is 31.5. The summed E-state index contributed by atoms with van der Waals surface area (Å²) in [5.74, 6) is -3.89. The first-order chi connectivity index (χ1) is 22.0. The summed E-state index contributed by atoms with van der Waals surface area (Å²) in [4.78, 5) is 61.1. The first-order valence-electron chi connectivity index (χ1n) is 16.3. The maximum atomic E-state index is 15.0. The fraction of sp³-hybridized carbons (Fsp3) is 0.588. The molecule has 4 heterocycles. The zero-order valence-electron chi connectivity index (χ0n) is 27.1. The van der Waals surface area contributed by atoms with Crippen LogP contribution in [0.15, 0.2) is 47.0 Å². The summed E-state index contributed by atoms with van der Waals surface area (Å²) in [6.45, 7) is 11.2. The van der Waals surface area contributed by atoms with Crippen LogP contribution in [0.1, 0.15) is 47.5 Å². The number of carbonyl (C=O) groups excluding carboxylic acids is 4. The highest BCUT2D eigenvalue weighted by Gasteiger charge is 2.75. The Labute approximate surface area is 279 Å². The standard InChI is InChI=1S/C34H45BrN4O7/c1-6-37(7-2)22-12-14-23(15-13-22)38-16-10-8-9-11-26(41)36-18-21(5)45-33(44)27-28-31(42)39(25(19-40)20(3)4)30(32(38)43)34(28)17-24(35)29(27)46-34/h8,10,12-15,17,20-21,25,27-30,40H,6-7,9,11,16,18-19H2,1-5H3,(H,36,41)/b10-8-/t21-,25-,27+,28-,29+,30+,34-/m0/s1. The fourth-order valence-corrected chi connectivity index (χ4v) is 8.00. The quantitative estimate of drug-likeness (QED) is 0.328. The molecule has 0 saturated carbocycles. The monoisotopic (exact) mass is 700 g/mol. The van der Waals surface area contributed by atoms with Crippen molar-refractivity contribution in [2.24, 2.45) is 17.8 Å². The lowest BCUT2D eigenvalue weighted by Gasteiger charge is -2.40. The van der Waals surface area contributed by atoms with Crippen molar-refractivity contribution in [2.75, 3.05) is 42.6 Å². The molecule has 1 aromatic rings. The molecule has 2 saturated heterocycles. The second kappa shape index (κ2) is 13.9. The number of rotatable bonds is 7. The molecular weight excluding hydrogens is 656 g/mol. The zero-order valence-corrected chi connectivity index (χ0v) is 28.7. The second-order valence-electron chi connectivity index (χ2n) is 12.8. The van der Waals surface area contributed by atoms with Gasteiger partial charge in [-0.3, -0.25) is 19.2 Å². The first-order valence-corrected chi connectivity index (χ1v) is 17.1. The highest BCUT2D eigenvalue weighted by Crippen LogP contribution is 2.59. The average Bonchev–Trinajstić information content (AvgIpc) is 3.62. The Balaban J connectivity index is 1.64. The Kier molecular flexibility index (Phi) is 10.3. The molecule has 1 spiro atoms. The largest absolute Gasteiger partial charge is 0.460 e. The van der Waals surface area contributed by atoms with E-state index in [0.717, 1.165) is 18.8 Å². The van der Waals surface area contributed by atoms with E-state index in [9.17, 15) is 19.5 Å². The number of fused-ring (bicyclic) bond motifs is 2. The van der Waals surface area contributed by atoms with Gasteiger partial charge in [0, 0.05) is 41.9 Å². The van der Waals surface area contributed by atoms with Crippen molar-refractivity contribution in [3.8, 4) is 0 Å². The van der Waals surface area contributed by atoms with E-state index < -0.39 is 59.5 Å². The van der Waals surface area contributed by atoms with Gasteiger partial charge in [-0.15, -0.1) is 0 Å². The van der Waals surface area contributed by atoms with Crippen molar-refractivity contribution in [1.82, 2.24) is 10.2 Å². The van der Waals surface area contributed by atoms with E-state index in [1.165, 1.54) is 4.90 Å². The Bertz CT molecular complexity index is 1390. The third-order valence-corrected chi connectivity index (χ3v) is 10.3. The minimum absolute atomic E-state index is 0.123. The lowest BCUT2D eigenvalue weighted by atomic mass is 9.74. The lowest BCUT2D eigenvalue weighted by Crippen LogP contribution is -2.59. The van der Waals surface area contributed by atoms with E-state index in [1.807, 2.05) is 50.3 Å². The molecule has 0 unspecified atom stereocenters. The molecule has 0 aromatic heterocycles. The van der Waals surface area contributed by atoms with Gasteiger partial charge in [0.15, 0.2) is 0 Å². The molecule has 11 nitrogen and oxygen atoms in total. The fourth-order valence-electron chi connectivity index (χ4n) is 7.26. The van der Waals surface area contributed by atoms with Crippen molar-refractivity contribution in [1.29, 1.82) is 0 Å². The molecule has 5 rings (SSSR count). The van der Waals surface area contributed by atoms with Crippen LogP contribution in [0.4, 0.5) is 11.4 Å². The summed E-state index contributed by atoms with van der Waals surface area (Å²) in [5.41, 5.74) is 0.182. The van der Waals surface area contributed by atoms with E-state index in [1.54, 1.807) is 17.9 Å². The molecule has 7 atom stereocenters. The van der Waals surface area contributed by atoms with E-state index in [-0.39, 0.29) is 37.9 Å². The van der Waals surface area contributed by atoms with Crippen molar-refractivity contribution in [3.63, 3.8) is 0 Å². The smallest absolute Gasteiger partial charge is 0.313 e. The number of amides is 3. The first kappa shape index (κ1) is 34.1. The number of esters is 1. The molecule has 46 heavy (non-hydrogen) atoms. The number of carbonyl (C=O) groups is 4. The third kappa shape index (κ3) is 5.99. The van der Waals surface area contributed by atoms with Crippen LogP contribution in [0.25, 0.3) is 0 Å². The number of allylic oxidation sites excluding steroid dienone is 1. The maximum absolute atomic E-state index is 15.0. The van der Waals surface area contributed by atoms with E-state index in [0.29, 0.717) is 16.6 Å². The number of halogens is 1. The van der Waals surface area contributed by atoms with Crippen LogP contribution in [-0.2, 0) is 28.7 Å². The summed E-state index contributed by atoms with van der Waals surface area (Å²) in [5, 5.41) is 13.4. The number of ether oxygens (including phenoxy) is 2. The van der Waals surface area contributed by atoms with Crippen LogP contribution in [-0.4, -0.2) is 96.4 Å². The maximum Gasteiger partial charge on any atom is 0.313 e. The predicted octanol–water partition coefficient (Wildman–Crippen LogP) is 3.15. The zero-order chi connectivity index (χ0) is 33.3. The number of benzene rings is 1. The van der Waals surface area contributed by atoms with Gasteiger partial charge in [-0.25, -0.2) is 0 Å². The molecule has 0 radical (unpaired) electrons. The number of likely N-dealkylation sites (tertiary alicyclic amines) is 1. The molecule has 2 N–H and O–H groups in total. The number of cyclic esters (lactones) is 1. The highest BCUT2D eigenvalue weighted by molar-refractivity contribution is 9.11. The molecule has 1 aromatic carbocycles. The molecule has 5 bridgehead atoms. The Hall–Kier alpha value is -3.22. The van der Waals surface area contributed by atoms with Gasteiger partial charge in [0.2, 0.25) is 11.8 Å². The number of anilines is 2. The molecule has 4 aliphatic rings. The molecule has 2 fully saturated rings. The average molecular weight is 702 g/mol. The Morgan fingerprint density at radius 3 is 2.41 bits per heavy atom. The summed E-state index contributed by atoms with van der Waals surface area (Å²) in [7, 11) is 0. The number of aliphatic hydroxyl groups is 1. The molecule has 12 heteroatoms. The SMILES string of the molecule is CCN(CC)c1ccc(N2C/C=C\CCC(=O)NC[C@H](C)OC(=O)[C@H]3[C@@H]4O[C@@]5(C=C4Br)[C@@H]3C(=O)N([C@@H](CO)C(C)C)[C@@H]5C2=O)cc1. The minimum Gasteiger partial charge on any atom is -0.460 e.